The van der Waals surface area contributed by atoms with Crippen molar-refractivity contribution >= 4 is 29.1 Å². The first-order chi connectivity index (χ1) is 15.4. The predicted molar refractivity (Wildman–Crippen MR) is 124 cm³/mol. The highest BCUT2D eigenvalue weighted by atomic mass is 35.5. The van der Waals surface area contributed by atoms with Crippen molar-refractivity contribution in [3.63, 3.8) is 0 Å². The number of Topliss-reactive ketones (excluding diaryl/α,β-unsaturated/α-hetero) is 1. The number of aliphatic hydroxyl groups is 1. The fourth-order valence-corrected chi connectivity index (χ4v) is 3.87. The Morgan fingerprint density at radius 3 is 2.66 bits per heavy atom. The second-order valence-electron chi connectivity index (χ2n) is 7.24. The van der Waals surface area contributed by atoms with Gasteiger partial charge >= 0.3 is 0 Å². The van der Waals surface area contributed by atoms with Gasteiger partial charge in [-0.3, -0.25) is 9.59 Å². The van der Waals surface area contributed by atoms with Crippen LogP contribution in [0.1, 0.15) is 37.4 Å². The molecule has 0 aromatic heterocycles. The first kappa shape index (κ1) is 23.4. The van der Waals surface area contributed by atoms with E-state index in [9.17, 15) is 14.7 Å². The smallest absolute Gasteiger partial charge is 0.295 e. The lowest BCUT2D eigenvalue weighted by Crippen LogP contribution is -2.30. The molecule has 0 bridgehead atoms. The maximum atomic E-state index is 13.0. The third-order valence-electron chi connectivity index (χ3n) is 5.05. The lowest BCUT2D eigenvalue weighted by atomic mass is 9.95. The number of rotatable bonds is 9. The molecular formula is C25H26ClNO5. The number of ether oxygens (including phenoxy) is 2. The van der Waals surface area contributed by atoms with Gasteiger partial charge in [0.25, 0.3) is 11.7 Å². The van der Waals surface area contributed by atoms with Gasteiger partial charge in [0.15, 0.2) is 0 Å². The average Bonchev–Trinajstić information content (AvgIpc) is 3.04. The van der Waals surface area contributed by atoms with Crippen molar-refractivity contribution in [2.24, 2.45) is 0 Å². The Labute approximate surface area is 192 Å². The van der Waals surface area contributed by atoms with Gasteiger partial charge in [0.05, 0.1) is 23.2 Å². The number of carbonyl (C=O) groups excluding carboxylic acids is 2. The average molecular weight is 456 g/mol. The molecule has 32 heavy (non-hydrogen) atoms. The molecule has 0 radical (unpaired) electrons. The van der Waals surface area contributed by atoms with Crippen molar-refractivity contribution in [2.75, 3.05) is 19.8 Å². The molecule has 1 unspecified atom stereocenters. The van der Waals surface area contributed by atoms with E-state index in [0.29, 0.717) is 53.8 Å². The van der Waals surface area contributed by atoms with Crippen LogP contribution in [0.25, 0.3) is 5.76 Å². The summed E-state index contributed by atoms with van der Waals surface area (Å²) < 4.78 is 11.1. The van der Waals surface area contributed by atoms with Crippen LogP contribution in [0.4, 0.5) is 0 Å². The highest BCUT2D eigenvalue weighted by Crippen LogP contribution is 2.41. The predicted octanol–water partition coefficient (Wildman–Crippen LogP) is 5.14. The fraction of sp³-hybridized carbons (Fsp3) is 0.280. The number of hydrogen-bond donors (Lipinski definition) is 1. The third-order valence-corrected chi connectivity index (χ3v) is 5.36. The minimum absolute atomic E-state index is 0.0223. The Morgan fingerprint density at radius 1 is 1.19 bits per heavy atom. The Bertz CT molecular complexity index is 1060. The maximum absolute atomic E-state index is 13.0. The van der Waals surface area contributed by atoms with Gasteiger partial charge in [-0.25, -0.2) is 0 Å². The van der Waals surface area contributed by atoms with Crippen molar-refractivity contribution in [3.8, 4) is 11.5 Å². The van der Waals surface area contributed by atoms with Crippen LogP contribution in [-0.2, 0) is 9.59 Å². The summed E-state index contributed by atoms with van der Waals surface area (Å²) in [6.07, 6.45) is 2.29. The number of halogens is 1. The standard InChI is InChI=1S/C25H26ClNO5/c1-4-12-27-22(16-8-7-9-18(14-16)32-13-5-2)21(24(29)25(27)30)23(28)17-10-11-19(26)20(15-17)31-6-3/h5,7-11,14-15,22,28H,2,4,6,12-13H2,1,3H3/b23-21-. The molecule has 168 valence electrons. The van der Waals surface area contributed by atoms with Crippen molar-refractivity contribution in [1.29, 1.82) is 0 Å². The summed E-state index contributed by atoms with van der Waals surface area (Å²) in [6.45, 7) is 8.47. The Kier molecular flexibility index (Phi) is 7.59. The van der Waals surface area contributed by atoms with Crippen LogP contribution in [0.5, 0.6) is 11.5 Å². The van der Waals surface area contributed by atoms with E-state index in [1.807, 2.05) is 13.8 Å². The van der Waals surface area contributed by atoms with E-state index in [4.69, 9.17) is 21.1 Å². The van der Waals surface area contributed by atoms with Crippen LogP contribution in [0.15, 0.2) is 60.7 Å². The molecule has 1 N–H and O–H groups in total. The van der Waals surface area contributed by atoms with Gasteiger partial charge in [-0.15, -0.1) is 0 Å². The number of nitrogens with zero attached hydrogens (tertiary/aromatic N) is 1. The Hall–Kier alpha value is -3.25. The number of likely N-dealkylation sites (tertiary alicyclic amines) is 1. The molecule has 6 nitrogen and oxygen atoms in total. The molecule has 0 saturated carbocycles. The van der Waals surface area contributed by atoms with Crippen molar-refractivity contribution in [3.05, 3.63) is 76.8 Å². The minimum atomic E-state index is -0.742. The van der Waals surface area contributed by atoms with Crippen molar-refractivity contribution in [2.45, 2.75) is 26.3 Å². The quantitative estimate of drug-likeness (QED) is 0.245. The number of carbonyl (C=O) groups is 2. The van der Waals surface area contributed by atoms with Gasteiger partial charge in [-0.05, 0) is 49.2 Å². The lowest BCUT2D eigenvalue weighted by molar-refractivity contribution is -0.139. The summed E-state index contributed by atoms with van der Waals surface area (Å²) in [5.41, 5.74) is 1.03. The molecule has 0 aliphatic carbocycles. The number of benzene rings is 2. The summed E-state index contributed by atoms with van der Waals surface area (Å²) in [4.78, 5) is 27.3. The molecule has 1 amide bonds. The minimum Gasteiger partial charge on any atom is -0.507 e. The molecule has 1 aliphatic heterocycles. The summed E-state index contributed by atoms with van der Waals surface area (Å²) in [7, 11) is 0. The second-order valence-corrected chi connectivity index (χ2v) is 7.65. The van der Waals surface area contributed by atoms with Crippen LogP contribution >= 0.6 is 11.6 Å². The molecule has 1 atom stereocenters. The van der Waals surface area contributed by atoms with Gasteiger partial charge in [0.1, 0.15) is 23.9 Å². The molecule has 2 aromatic rings. The van der Waals surface area contributed by atoms with Crippen LogP contribution in [0.2, 0.25) is 5.02 Å². The number of aliphatic hydroxyl groups excluding tert-OH is 1. The van der Waals surface area contributed by atoms with E-state index < -0.39 is 17.7 Å². The summed E-state index contributed by atoms with van der Waals surface area (Å²) >= 11 is 6.17. The van der Waals surface area contributed by atoms with E-state index in [-0.39, 0.29) is 11.3 Å². The highest BCUT2D eigenvalue weighted by Gasteiger charge is 2.45. The van der Waals surface area contributed by atoms with Gasteiger partial charge in [0, 0.05) is 12.1 Å². The van der Waals surface area contributed by atoms with Crippen molar-refractivity contribution in [1.82, 2.24) is 4.90 Å². The fourth-order valence-electron chi connectivity index (χ4n) is 3.70. The molecule has 1 heterocycles. The normalized spacial score (nSPS) is 17.5. The summed E-state index contributed by atoms with van der Waals surface area (Å²) in [5.74, 6) is -0.685. The topological polar surface area (TPSA) is 76.1 Å². The first-order valence-electron chi connectivity index (χ1n) is 10.5. The van der Waals surface area contributed by atoms with E-state index in [1.165, 1.54) is 4.90 Å². The number of ketones is 1. The van der Waals surface area contributed by atoms with E-state index >= 15 is 0 Å². The Balaban J connectivity index is 2.15. The monoisotopic (exact) mass is 455 g/mol. The lowest BCUT2D eigenvalue weighted by Gasteiger charge is -2.25. The largest absolute Gasteiger partial charge is 0.507 e. The van der Waals surface area contributed by atoms with Crippen LogP contribution in [0, 0.1) is 0 Å². The zero-order valence-electron chi connectivity index (χ0n) is 18.1. The third kappa shape index (κ3) is 4.65. The van der Waals surface area contributed by atoms with Crippen LogP contribution in [-0.4, -0.2) is 41.5 Å². The zero-order valence-corrected chi connectivity index (χ0v) is 18.9. The van der Waals surface area contributed by atoms with E-state index in [1.54, 1.807) is 48.5 Å². The van der Waals surface area contributed by atoms with Crippen LogP contribution in [0.3, 0.4) is 0 Å². The summed E-state index contributed by atoms with van der Waals surface area (Å²) in [6, 6.07) is 11.1. The highest BCUT2D eigenvalue weighted by molar-refractivity contribution is 6.46. The molecule has 3 rings (SSSR count). The molecule has 0 spiro atoms. The SMILES string of the molecule is C=CCOc1cccc(C2/C(=C(/O)c3ccc(Cl)c(OCC)c3)C(=O)C(=O)N2CCC)c1. The summed E-state index contributed by atoms with van der Waals surface area (Å²) in [5, 5.41) is 11.5. The molecular weight excluding hydrogens is 430 g/mol. The number of amides is 1. The maximum Gasteiger partial charge on any atom is 0.295 e. The molecule has 1 aliphatic rings. The zero-order chi connectivity index (χ0) is 23.3. The van der Waals surface area contributed by atoms with Crippen molar-refractivity contribution < 1.29 is 24.2 Å². The van der Waals surface area contributed by atoms with E-state index in [0.717, 1.165) is 0 Å². The second kappa shape index (κ2) is 10.4. The van der Waals surface area contributed by atoms with Gasteiger partial charge in [-0.1, -0.05) is 43.3 Å². The number of hydrogen-bond acceptors (Lipinski definition) is 5. The molecule has 7 heteroatoms. The van der Waals surface area contributed by atoms with Gasteiger partial charge in [0.2, 0.25) is 0 Å². The Morgan fingerprint density at radius 2 is 1.97 bits per heavy atom. The van der Waals surface area contributed by atoms with E-state index in [2.05, 4.69) is 6.58 Å². The van der Waals surface area contributed by atoms with Gasteiger partial charge < -0.3 is 19.5 Å². The van der Waals surface area contributed by atoms with Gasteiger partial charge in [-0.2, -0.15) is 0 Å². The molecule has 1 saturated heterocycles. The van der Waals surface area contributed by atoms with Crippen LogP contribution < -0.4 is 9.47 Å². The molecule has 1 fully saturated rings. The molecule has 2 aromatic carbocycles. The first-order valence-corrected chi connectivity index (χ1v) is 10.8.